The minimum atomic E-state index is -0.0338. The molecule has 1 aliphatic carbocycles. The minimum absolute atomic E-state index is 0.0338. The van der Waals surface area contributed by atoms with E-state index >= 15 is 0 Å². The third-order valence-corrected chi connectivity index (χ3v) is 6.32. The van der Waals surface area contributed by atoms with Crippen LogP contribution in [0.5, 0.6) is 0 Å². The molecule has 5 heteroatoms. The topological polar surface area (TPSA) is 56.4 Å². The number of hydrogen-bond acceptors (Lipinski definition) is 3. The molecule has 1 fully saturated rings. The summed E-state index contributed by atoms with van der Waals surface area (Å²) in [4.78, 5) is 14.7. The molecule has 156 valence electrons. The molecule has 0 spiro atoms. The van der Waals surface area contributed by atoms with Crippen molar-refractivity contribution < 1.29 is 4.79 Å². The molecule has 2 amide bonds. The second kappa shape index (κ2) is 11.4. The number of nitrogens with zero attached hydrogens (tertiary/aromatic N) is 1. The SMILES string of the molecule is CCC(CNC(=O)NCCCNC1CCCCC1)N1CCc2ccccc2C1. The summed E-state index contributed by atoms with van der Waals surface area (Å²) in [6.45, 7) is 6.72. The Bertz CT molecular complexity index is 600. The van der Waals surface area contributed by atoms with Gasteiger partial charge in [-0.3, -0.25) is 4.90 Å². The number of carbonyl (C=O) groups excluding carboxylic acids is 1. The van der Waals surface area contributed by atoms with Crippen LogP contribution in [-0.2, 0) is 13.0 Å². The second-order valence-electron chi connectivity index (χ2n) is 8.33. The molecule has 0 radical (unpaired) electrons. The monoisotopic (exact) mass is 386 g/mol. The van der Waals surface area contributed by atoms with Gasteiger partial charge in [0.25, 0.3) is 0 Å². The zero-order valence-corrected chi connectivity index (χ0v) is 17.5. The van der Waals surface area contributed by atoms with Gasteiger partial charge in [0.05, 0.1) is 0 Å². The highest BCUT2D eigenvalue weighted by Crippen LogP contribution is 2.21. The third-order valence-electron chi connectivity index (χ3n) is 6.32. The third kappa shape index (κ3) is 6.49. The fourth-order valence-electron chi connectivity index (χ4n) is 4.54. The highest BCUT2D eigenvalue weighted by atomic mass is 16.2. The largest absolute Gasteiger partial charge is 0.338 e. The van der Waals surface area contributed by atoms with Crippen molar-refractivity contribution in [2.45, 2.75) is 76.9 Å². The lowest BCUT2D eigenvalue weighted by molar-refractivity contribution is 0.169. The summed E-state index contributed by atoms with van der Waals surface area (Å²) in [5.41, 5.74) is 2.91. The van der Waals surface area contributed by atoms with Crippen molar-refractivity contribution in [1.82, 2.24) is 20.9 Å². The van der Waals surface area contributed by atoms with E-state index in [0.29, 0.717) is 18.6 Å². The molecule has 0 bridgehead atoms. The maximum absolute atomic E-state index is 12.1. The van der Waals surface area contributed by atoms with Crippen LogP contribution in [0, 0.1) is 0 Å². The predicted molar refractivity (Wildman–Crippen MR) is 116 cm³/mol. The molecule has 1 saturated carbocycles. The zero-order chi connectivity index (χ0) is 19.6. The summed E-state index contributed by atoms with van der Waals surface area (Å²) in [7, 11) is 0. The van der Waals surface area contributed by atoms with Crippen molar-refractivity contribution >= 4 is 6.03 Å². The van der Waals surface area contributed by atoms with E-state index < -0.39 is 0 Å². The summed E-state index contributed by atoms with van der Waals surface area (Å²) in [5, 5.41) is 9.72. The predicted octanol–water partition coefficient (Wildman–Crippen LogP) is 3.43. The van der Waals surface area contributed by atoms with Gasteiger partial charge >= 0.3 is 6.03 Å². The first-order valence-corrected chi connectivity index (χ1v) is 11.3. The number of urea groups is 1. The van der Waals surface area contributed by atoms with Crippen molar-refractivity contribution in [2.24, 2.45) is 0 Å². The highest BCUT2D eigenvalue weighted by Gasteiger charge is 2.22. The lowest BCUT2D eigenvalue weighted by atomic mass is 9.95. The molecular weight excluding hydrogens is 348 g/mol. The summed E-state index contributed by atoms with van der Waals surface area (Å²) in [6.07, 6.45) is 9.88. The van der Waals surface area contributed by atoms with E-state index in [9.17, 15) is 4.79 Å². The van der Waals surface area contributed by atoms with Crippen molar-refractivity contribution in [3.63, 3.8) is 0 Å². The van der Waals surface area contributed by atoms with Gasteiger partial charge in [0.1, 0.15) is 0 Å². The normalized spacial score (nSPS) is 19.0. The van der Waals surface area contributed by atoms with Crippen LogP contribution in [0.15, 0.2) is 24.3 Å². The van der Waals surface area contributed by atoms with Crippen molar-refractivity contribution in [3.8, 4) is 0 Å². The molecule has 1 unspecified atom stereocenters. The van der Waals surface area contributed by atoms with Crippen LogP contribution < -0.4 is 16.0 Å². The first kappa shape index (κ1) is 21.1. The van der Waals surface area contributed by atoms with E-state index in [1.165, 1.54) is 43.2 Å². The molecule has 5 nitrogen and oxygen atoms in total. The van der Waals surface area contributed by atoms with Crippen LogP contribution in [0.2, 0.25) is 0 Å². The molecule has 1 atom stereocenters. The summed E-state index contributed by atoms with van der Waals surface area (Å²) in [5.74, 6) is 0. The zero-order valence-electron chi connectivity index (χ0n) is 17.5. The molecule has 2 aliphatic rings. The Kier molecular flexibility index (Phi) is 8.62. The number of rotatable bonds is 9. The van der Waals surface area contributed by atoms with Crippen LogP contribution >= 0.6 is 0 Å². The van der Waals surface area contributed by atoms with Gasteiger partial charge in [-0.25, -0.2) is 4.79 Å². The van der Waals surface area contributed by atoms with E-state index in [4.69, 9.17) is 0 Å². The Balaban J connectivity index is 1.29. The fourth-order valence-corrected chi connectivity index (χ4v) is 4.54. The van der Waals surface area contributed by atoms with Gasteiger partial charge in [0.2, 0.25) is 0 Å². The van der Waals surface area contributed by atoms with Gasteiger partial charge in [-0.05, 0) is 49.8 Å². The van der Waals surface area contributed by atoms with Crippen LogP contribution in [0.25, 0.3) is 0 Å². The lowest BCUT2D eigenvalue weighted by Gasteiger charge is -2.35. The Hall–Kier alpha value is -1.59. The van der Waals surface area contributed by atoms with E-state index in [-0.39, 0.29) is 6.03 Å². The van der Waals surface area contributed by atoms with E-state index in [1.807, 2.05) is 0 Å². The summed E-state index contributed by atoms with van der Waals surface area (Å²) >= 11 is 0. The molecule has 1 aromatic rings. The van der Waals surface area contributed by atoms with Gasteiger partial charge < -0.3 is 16.0 Å². The van der Waals surface area contributed by atoms with Gasteiger partial charge in [-0.2, -0.15) is 0 Å². The molecule has 28 heavy (non-hydrogen) atoms. The molecule has 0 saturated heterocycles. The average Bonchev–Trinajstić information content (AvgIpc) is 2.74. The molecule has 1 heterocycles. The molecule has 1 aliphatic heterocycles. The number of fused-ring (bicyclic) bond motifs is 1. The average molecular weight is 387 g/mol. The van der Waals surface area contributed by atoms with Crippen LogP contribution in [0.1, 0.15) is 63.0 Å². The molecule has 3 rings (SSSR count). The first-order chi connectivity index (χ1) is 13.8. The number of benzene rings is 1. The standard InChI is InChI=1S/C23H38N4O/c1-2-22(27-16-13-19-9-6-7-10-20(19)18-27)17-26-23(28)25-15-8-14-24-21-11-4-3-5-12-21/h6-7,9-10,21-22,24H,2-5,8,11-18H2,1H3,(H2,25,26,28). The van der Waals surface area contributed by atoms with Gasteiger partial charge in [-0.15, -0.1) is 0 Å². The fraction of sp³-hybridized carbons (Fsp3) is 0.696. The Morgan fingerprint density at radius 2 is 1.89 bits per heavy atom. The van der Waals surface area contributed by atoms with E-state index in [2.05, 4.69) is 52.0 Å². The Morgan fingerprint density at radius 1 is 1.11 bits per heavy atom. The summed E-state index contributed by atoms with van der Waals surface area (Å²) < 4.78 is 0. The molecule has 0 aromatic heterocycles. The lowest BCUT2D eigenvalue weighted by Crippen LogP contribution is -2.48. The summed E-state index contributed by atoms with van der Waals surface area (Å²) in [6, 6.07) is 9.78. The van der Waals surface area contributed by atoms with Crippen LogP contribution in [-0.4, -0.2) is 49.2 Å². The van der Waals surface area contributed by atoms with Crippen LogP contribution in [0.3, 0.4) is 0 Å². The number of carbonyl (C=O) groups is 1. The number of hydrogen-bond donors (Lipinski definition) is 3. The van der Waals surface area contributed by atoms with Crippen molar-refractivity contribution in [2.75, 3.05) is 26.2 Å². The number of nitrogens with one attached hydrogen (secondary N) is 3. The van der Waals surface area contributed by atoms with E-state index in [1.54, 1.807) is 0 Å². The van der Waals surface area contributed by atoms with Gasteiger partial charge in [0.15, 0.2) is 0 Å². The minimum Gasteiger partial charge on any atom is -0.338 e. The van der Waals surface area contributed by atoms with Crippen molar-refractivity contribution in [1.29, 1.82) is 0 Å². The first-order valence-electron chi connectivity index (χ1n) is 11.3. The molecule has 1 aromatic carbocycles. The Morgan fingerprint density at radius 3 is 2.68 bits per heavy atom. The smallest absolute Gasteiger partial charge is 0.314 e. The van der Waals surface area contributed by atoms with Crippen LogP contribution in [0.4, 0.5) is 4.79 Å². The van der Waals surface area contributed by atoms with Gasteiger partial charge in [0, 0.05) is 38.3 Å². The number of amides is 2. The highest BCUT2D eigenvalue weighted by molar-refractivity contribution is 5.73. The van der Waals surface area contributed by atoms with E-state index in [0.717, 1.165) is 45.4 Å². The van der Waals surface area contributed by atoms with Gasteiger partial charge in [-0.1, -0.05) is 50.5 Å². The second-order valence-corrected chi connectivity index (χ2v) is 8.33. The molecule has 3 N–H and O–H groups in total. The Labute approximate surface area is 170 Å². The maximum Gasteiger partial charge on any atom is 0.314 e. The molecular formula is C23H38N4O. The van der Waals surface area contributed by atoms with Crippen molar-refractivity contribution in [3.05, 3.63) is 35.4 Å². The maximum atomic E-state index is 12.1. The quantitative estimate of drug-likeness (QED) is 0.570.